The molecule has 2 rings (SSSR count). The number of carbonyl (C=O) groups is 2. The molecular formula is C10H16N2O3S. The van der Waals surface area contributed by atoms with Gasteiger partial charge in [-0.05, 0) is 12.8 Å². The Morgan fingerprint density at radius 1 is 1.44 bits per heavy atom. The Labute approximate surface area is 98.6 Å². The minimum absolute atomic E-state index is 0.0444. The summed E-state index contributed by atoms with van der Waals surface area (Å²) in [4.78, 5) is 24.3. The Morgan fingerprint density at radius 2 is 2.19 bits per heavy atom. The van der Waals surface area contributed by atoms with E-state index in [9.17, 15) is 9.59 Å². The van der Waals surface area contributed by atoms with Crippen molar-refractivity contribution in [2.75, 3.05) is 24.6 Å². The number of nitrogens with zero attached hydrogens (tertiary/aromatic N) is 1. The Kier molecular flexibility index (Phi) is 3.70. The fraction of sp³-hybridized carbons (Fsp3) is 0.800. The smallest absolute Gasteiger partial charge is 0.323 e. The van der Waals surface area contributed by atoms with Gasteiger partial charge >= 0.3 is 5.97 Å². The van der Waals surface area contributed by atoms with Crippen molar-refractivity contribution in [1.82, 2.24) is 10.2 Å². The van der Waals surface area contributed by atoms with Gasteiger partial charge in [0.05, 0.1) is 6.04 Å². The molecule has 2 N–H and O–H groups in total. The van der Waals surface area contributed by atoms with Crippen LogP contribution in [0.5, 0.6) is 0 Å². The van der Waals surface area contributed by atoms with Crippen molar-refractivity contribution >= 4 is 23.6 Å². The second-order valence-electron chi connectivity index (χ2n) is 4.17. The first-order valence-electron chi connectivity index (χ1n) is 5.52. The Morgan fingerprint density at radius 3 is 2.69 bits per heavy atom. The van der Waals surface area contributed by atoms with Crippen molar-refractivity contribution in [3.05, 3.63) is 0 Å². The summed E-state index contributed by atoms with van der Waals surface area (Å²) in [5, 5.41) is 11.9. The predicted octanol–water partition coefficient (Wildman–Crippen LogP) is -0.233. The van der Waals surface area contributed by atoms with Crippen molar-refractivity contribution < 1.29 is 14.7 Å². The predicted molar refractivity (Wildman–Crippen MR) is 61.5 cm³/mol. The number of carboxylic acids is 1. The molecule has 1 aliphatic heterocycles. The first-order chi connectivity index (χ1) is 7.68. The highest BCUT2D eigenvalue weighted by molar-refractivity contribution is 7.99. The van der Waals surface area contributed by atoms with Gasteiger partial charge in [0.25, 0.3) is 0 Å². The molecule has 5 nitrogen and oxygen atoms in total. The number of amides is 1. The molecule has 0 bridgehead atoms. The average molecular weight is 244 g/mol. The number of carboxylic acid groups (broad SMARTS) is 1. The van der Waals surface area contributed by atoms with Crippen molar-refractivity contribution in [2.45, 2.75) is 24.9 Å². The summed E-state index contributed by atoms with van der Waals surface area (Å²) < 4.78 is 0. The number of thioether (sulfide) groups is 1. The zero-order valence-corrected chi connectivity index (χ0v) is 9.83. The van der Waals surface area contributed by atoms with Crippen LogP contribution in [-0.4, -0.2) is 58.6 Å². The van der Waals surface area contributed by atoms with E-state index < -0.39 is 5.97 Å². The summed E-state index contributed by atoms with van der Waals surface area (Å²) in [6.45, 7) is 0.666. The van der Waals surface area contributed by atoms with Crippen LogP contribution in [0.2, 0.25) is 0 Å². The topological polar surface area (TPSA) is 69.6 Å². The molecule has 0 aromatic rings. The van der Waals surface area contributed by atoms with Crippen LogP contribution >= 0.6 is 11.8 Å². The highest BCUT2D eigenvalue weighted by atomic mass is 32.2. The highest BCUT2D eigenvalue weighted by Gasteiger charge is 2.37. The molecule has 2 fully saturated rings. The Balaban J connectivity index is 1.95. The van der Waals surface area contributed by atoms with Crippen LogP contribution in [0.15, 0.2) is 0 Å². The van der Waals surface area contributed by atoms with Gasteiger partial charge < -0.3 is 15.3 Å². The third-order valence-corrected chi connectivity index (χ3v) is 3.86. The van der Waals surface area contributed by atoms with E-state index in [1.165, 1.54) is 4.90 Å². The summed E-state index contributed by atoms with van der Waals surface area (Å²) in [6, 6.07) is -0.0315. The molecule has 16 heavy (non-hydrogen) atoms. The van der Waals surface area contributed by atoms with E-state index in [0.29, 0.717) is 0 Å². The fourth-order valence-corrected chi connectivity index (χ4v) is 2.77. The minimum Gasteiger partial charge on any atom is -0.480 e. The molecule has 1 saturated carbocycles. The van der Waals surface area contributed by atoms with E-state index in [0.717, 1.165) is 30.9 Å². The van der Waals surface area contributed by atoms with Gasteiger partial charge in [-0.3, -0.25) is 9.59 Å². The first-order valence-corrected chi connectivity index (χ1v) is 6.67. The maximum absolute atomic E-state index is 12.1. The molecule has 0 aromatic heterocycles. The summed E-state index contributed by atoms with van der Waals surface area (Å²) in [5.74, 6) is 0.800. The van der Waals surface area contributed by atoms with Crippen molar-refractivity contribution in [3.8, 4) is 0 Å². The molecule has 0 radical (unpaired) electrons. The fourth-order valence-electron chi connectivity index (χ4n) is 1.84. The van der Waals surface area contributed by atoms with Gasteiger partial charge in [-0.25, -0.2) is 0 Å². The molecule has 0 aromatic carbocycles. The first kappa shape index (κ1) is 11.7. The van der Waals surface area contributed by atoms with E-state index in [-0.39, 0.29) is 24.5 Å². The normalized spacial score (nSPS) is 25.1. The van der Waals surface area contributed by atoms with Crippen LogP contribution in [-0.2, 0) is 9.59 Å². The van der Waals surface area contributed by atoms with Crippen molar-refractivity contribution in [3.63, 3.8) is 0 Å². The molecule has 1 saturated heterocycles. The second kappa shape index (κ2) is 5.05. The van der Waals surface area contributed by atoms with E-state index in [1.54, 1.807) is 11.8 Å². The molecular weight excluding hydrogens is 228 g/mol. The summed E-state index contributed by atoms with van der Waals surface area (Å²) >= 11 is 1.74. The van der Waals surface area contributed by atoms with Crippen LogP contribution < -0.4 is 5.32 Å². The Bertz CT molecular complexity index is 288. The van der Waals surface area contributed by atoms with Crippen LogP contribution in [0.1, 0.15) is 12.8 Å². The van der Waals surface area contributed by atoms with Gasteiger partial charge in [0.2, 0.25) is 5.91 Å². The quantitative estimate of drug-likeness (QED) is 0.715. The highest BCUT2D eigenvalue weighted by Crippen LogP contribution is 2.27. The SMILES string of the molecule is O=C(O)CN(C(=O)C1CSCCN1)C1CC1. The third-order valence-electron chi connectivity index (χ3n) is 2.80. The van der Waals surface area contributed by atoms with Gasteiger partial charge in [-0.15, -0.1) is 0 Å². The minimum atomic E-state index is -0.927. The van der Waals surface area contributed by atoms with E-state index >= 15 is 0 Å². The van der Waals surface area contributed by atoms with Crippen molar-refractivity contribution in [2.24, 2.45) is 0 Å². The molecule has 1 unspecified atom stereocenters. The average Bonchev–Trinajstić information content (AvgIpc) is 3.10. The lowest BCUT2D eigenvalue weighted by Gasteiger charge is -2.28. The van der Waals surface area contributed by atoms with Crippen LogP contribution in [0.25, 0.3) is 0 Å². The molecule has 90 valence electrons. The number of rotatable bonds is 4. The van der Waals surface area contributed by atoms with E-state index in [2.05, 4.69) is 5.32 Å². The molecule has 6 heteroatoms. The summed E-state index contributed by atoms with van der Waals surface area (Å²) in [5.41, 5.74) is 0. The van der Waals surface area contributed by atoms with Crippen LogP contribution in [0.4, 0.5) is 0 Å². The zero-order chi connectivity index (χ0) is 11.5. The number of aliphatic carboxylic acids is 1. The maximum atomic E-state index is 12.1. The number of nitrogens with one attached hydrogen (secondary N) is 1. The second-order valence-corrected chi connectivity index (χ2v) is 5.32. The molecule has 1 heterocycles. The van der Waals surface area contributed by atoms with Gasteiger partial charge in [-0.2, -0.15) is 11.8 Å². The monoisotopic (exact) mass is 244 g/mol. The Hall–Kier alpha value is -0.750. The maximum Gasteiger partial charge on any atom is 0.323 e. The van der Waals surface area contributed by atoms with Gasteiger partial charge in [0.15, 0.2) is 0 Å². The van der Waals surface area contributed by atoms with Gasteiger partial charge in [-0.1, -0.05) is 0 Å². The molecule has 0 spiro atoms. The molecule has 1 atom stereocenters. The third kappa shape index (κ3) is 2.89. The summed E-state index contributed by atoms with van der Waals surface area (Å²) in [7, 11) is 0. The lowest BCUT2D eigenvalue weighted by molar-refractivity contribution is -0.145. The van der Waals surface area contributed by atoms with Crippen LogP contribution in [0.3, 0.4) is 0 Å². The number of carbonyl (C=O) groups excluding carboxylic acids is 1. The summed E-state index contributed by atoms with van der Waals surface area (Å²) in [6.07, 6.45) is 1.89. The van der Waals surface area contributed by atoms with E-state index in [4.69, 9.17) is 5.11 Å². The van der Waals surface area contributed by atoms with Gasteiger partial charge in [0.1, 0.15) is 6.54 Å². The lowest BCUT2D eigenvalue weighted by Crippen LogP contribution is -2.52. The lowest BCUT2D eigenvalue weighted by atomic mass is 10.2. The van der Waals surface area contributed by atoms with Crippen LogP contribution in [0, 0.1) is 0 Å². The molecule has 1 amide bonds. The standard InChI is InChI=1S/C10H16N2O3S/c13-9(14)5-12(7-1-2-7)10(15)8-6-16-4-3-11-8/h7-8,11H,1-6H2,(H,13,14). The largest absolute Gasteiger partial charge is 0.480 e. The van der Waals surface area contributed by atoms with Crippen molar-refractivity contribution in [1.29, 1.82) is 0 Å². The molecule has 2 aliphatic rings. The number of hydrogen-bond acceptors (Lipinski definition) is 4. The van der Waals surface area contributed by atoms with Gasteiger partial charge in [0, 0.05) is 24.1 Å². The van der Waals surface area contributed by atoms with E-state index in [1.807, 2.05) is 0 Å². The number of hydrogen-bond donors (Lipinski definition) is 2. The molecule has 1 aliphatic carbocycles. The zero-order valence-electron chi connectivity index (χ0n) is 9.02.